The van der Waals surface area contributed by atoms with Crippen molar-refractivity contribution >= 4 is 17.7 Å². The van der Waals surface area contributed by atoms with E-state index < -0.39 is 12.1 Å². The van der Waals surface area contributed by atoms with E-state index in [1.165, 1.54) is 0 Å². The Balaban J connectivity index is 1.33. The molecule has 2 atom stereocenters. The number of fused-ring (bicyclic) bond motifs is 3. The summed E-state index contributed by atoms with van der Waals surface area (Å²) in [5.41, 5.74) is 1.54. The van der Waals surface area contributed by atoms with Gasteiger partial charge in [-0.1, -0.05) is 30.3 Å². The lowest BCUT2D eigenvalue weighted by molar-refractivity contribution is -0.142. The highest BCUT2D eigenvalue weighted by atomic mass is 16.7. The Bertz CT molecular complexity index is 1460. The fraction of sp³-hybridized carbons (Fsp3) is 0.452. The number of nitrogens with zero attached hydrogens (tertiary/aromatic N) is 5. The van der Waals surface area contributed by atoms with Crippen molar-refractivity contribution in [2.24, 2.45) is 0 Å². The molecule has 1 fully saturated rings. The molecule has 0 saturated carbocycles. The number of carbonyl (C=O) groups is 3. The number of hydrogen-bond donors (Lipinski definition) is 1. The molecule has 3 aliphatic rings. The molecule has 0 unspecified atom stereocenters. The van der Waals surface area contributed by atoms with Crippen molar-refractivity contribution in [1.29, 1.82) is 0 Å². The van der Waals surface area contributed by atoms with Gasteiger partial charge in [-0.15, -0.1) is 0 Å². The Labute approximate surface area is 244 Å². The van der Waals surface area contributed by atoms with E-state index in [1.54, 1.807) is 32.7 Å². The van der Waals surface area contributed by atoms with Crippen LogP contribution in [0.15, 0.2) is 48.5 Å². The summed E-state index contributed by atoms with van der Waals surface area (Å²) in [5, 5.41) is 7.89. The topological polar surface area (TPSA) is 119 Å². The van der Waals surface area contributed by atoms with Gasteiger partial charge in [0.05, 0.1) is 12.6 Å². The van der Waals surface area contributed by atoms with Gasteiger partial charge in [0.15, 0.2) is 11.5 Å². The Morgan fingerprint density at radius 1 is 0.976 bits per heavy atom. The molecule has 6 rings (SSSR count). The number of benzene rings is 2. The van der Waals surface area contributed by atoms with Crippen molar-refractivity contribution in [2.75, 3.05) is 26.4 Å². The smallest absolute Gasteiger partial charge is 0.254 e. The van der Waals surface area contributed by atoms with E-state index in [4.69, 9.17) is 14.5 Å². The van der Waals surface area contributed by atoms with Gasteiger partial charge in [0.25, 0.3) is 5.91 Å². The first-order valence-electron chi connectivity index (χ1n) is 14.7. The van der Waals surface area contributed by atoms with Crippen LogP contribution in [-0.4, -0.2) is 74.8 Å². The monoisotopic (exact) mass is 572 g/mol. The maximum absolute atomic E-state index is 13.7. The zero-order valence-corrected chi connectivity index (χ0v) is 23.8. The van der Waals surface area contributed by atoms with Gasteiger partial charge < -0.3 is 24.6 Å². The molecule has 0 radical (unpaired) electrons. The first-order valence-corrected chi connectivity index (χ1v) is 14.7. The van der Waals surface area contributed by atoms with Gasteiger partial charge >= 0.3 is 0 Å². The van der Waals surface area contributed by atoms with Crippen LogP contribution < -0.4 is 14.8 Å². The molecule has 2 aromatic carbocycles. The van der Waals surface area contributed by atoms with E-state index >= 15 is 0 Å². The lowest BCUT2D eigenvalue weighted by Crippen LogP contribution is -2.53. The second-order valence-electron chi connectivity index (χ2n) is 11.1. The molecule has 0 bridgehead atoms. The van der Waals surface area contributed by atoms with Gasteiger partial charge in [-0.05, 0) is 62.8 Å². The van der Waals surface area contributed by atoms with Crippen LogP contribution in [0.5, 0.6) is 11.5 Å². The van der Waals surface area contributed by atoms with Crippen LogP contribution in [0.4, 0.5) is 0 Å². The molecule has 3 aromatic rings. The maximum Gasteiger partial charge on any atom is 0.254 e. The molecule has 42 heavy (non-hydrogen) atoms. The lowest BCUT2D eigenvalue weighted by atomic mass is 9.99. The summed E-state index contributed by atoms with van der Waals surface area (Å²) in [6, 6.07) is 14.1. The van der Waals surface area contributed by atoms with Crippen molar-refractivity contribution in [3.8, 4) is 11.5 Å². The largest absolute Gasteiger partial charge is 0.454 e. The predicted octanol–water partition coefficient (Wildman–Crippen LogP) is 3.03. The summed E-state index contributed by atoms with van der Waals surface area (Å²) < 4.78 is 12.7. The highest BCUT2D eigenvalue weighted by molar-refractivity contribution is 5.95. The third-order valence-corrected chi connectivity index (χ3v) is 8.15. The van der Waals surface area contributed by atoms with Crippen LogP contribution in [0, 0.1) is 6.92 Å². The minimum absolute atomic E-state index is 0.0546. The van der Waals surface area contributed by atoms with Gasteiger partial charge in [0, 0.05) is 31.6 Å². The van der Waals surface area contributed by atoms with Crippen molar-refractivity contribution in [3.63, 3.8) is 0 Å². The Hall–Kier alpha value is -4.41. The zero-order chi connectivity index (χ0) is 29.1. The Morgan fingerprint density at radius 3 is 2.67 bits per heavy atom. The first kappa shape index (κ1) is 27.7. The number of nitrogens with one attached hydrogen (secondary N) is 1. The van der Waals surface area contributed by atoms with E-state index in [0.29, 0.717) is 74.2 Å². The van der Waals surface area contributed by atoms with Crippen molar-refractivity contribution in [1.82, 2.24) is 29.9 Å². The molecule has 4 heterocycles. The number of aromatic nitrogens is 3. The van der Waals surface area contributed by atoms with E-state index in [0.717, 1.165) is 18.4 Å². The number of piperidine rings is 1. The molecular weight excluding hydrogens is 536 g/mol. The van der Waals surface area contributed by atoms with Gasteiger partial charge in [0.1, 0.15) is 17.7 Å². The summed E-state index contributed by atoms with van der Waals surface area (Å²) in [7, 11) is 0. The molecule has 11 nitrogen and oxygen atoms in total. The molecule has 1 aromatic heterocycles. The number of ether oxygens (including phenoxy) is 2. The van der Waals surface area contributed by atoms with Crippen LogP contribution in [0.2, 0.25) is 0 Å². The number of hydrogen-bond acceptors (Lipinski definition) is 7. The Morgan fingerprint density at radius 2 is 1.81 bits per heavy atom. The molecule has 0 spiro atoms. The SMILES string of the molecule is Cc1nc2n(n1)CCN(C(=O)c1ccc3c(c1)OCO3)CCCC(=O)N1CCCC[C@H]1C(=O)N[C@@H]2Cc1ccccc1. The molecule has 1 N–H and O–H groups in total. The van der Waals surface area contributed by atoms with E-state index in [2.05, 4.69) is 10.4 Å². The third kappa shape index (κ3) is 5.95. The molecule has 11 heteroatoms. The normalized spacial score (nSPS) is 21.3. The lowest BCUT2D eigenvalue weighted by Gasteiger charge is -2.36. The highest BCUT2D eigenvalue weighted by Gasteiger charge is 2.34. The van der Waals surface area contributed by atoms with Crippen molar-refractivity contribution < 1.29 is 23.9 Å². The number of carbonyl (C=O) groups excluding carboxylic acids is 3. The first-order chi connectivity index (χ1) is 20.5. The van der Waals surface area contributed by atoms with Crippen LogP contribution in [0.3, 0.4) is 0 Å². The molecule has 1 saturated heterocycles. The standard InChI is InChI=1S/C31H36N6O5/c1-21-32-29-24(18-22-8-3-2-4-9-22)33-30(39)25-10-5-6-15-36(25)28(38)11-7-14-35(16-17-37(29)34-21)31(40)23-12-13-26-27(19-23)42-20-41-26/h2-4,8-9,12-13,19,24-25H,5-7,10-11,14-18,20H2,1H3,(H,33,39)/t24-,25+/m1/s1. The van der Waals surface area contributed by atoms with Crippen molar-refractivity contribution in [2.45, 2.75) is 64.1 Å². The molecular formula is C31H36N6O5. The van der Waals surface area contributed by atoms with Gasteiger partial charge in [0.2, 0.25) is 18.6 Å². The van der Waals surface area contributed by atoms with Crippen LogP contribution >= 0.6 is 0 Å². The molecule has 0 aliphatic carbocycles. The minimum Gasteiger partial charge on any atom is -0.454 e. The third-order valence-electron chi connectivity index (χ3n) is 8.15. The van der Waals surface area contributed by atoms with Gasteiger partial charge in [-0.2, -0.15) is 5.10 Å². The van der Waals surface area contributed by atoms with E-state index in [9.17, 15) is 14.4 Å². The predicted molar refractivity (Wildman–Crippen MR) is 153 cm³/mol. The summed E-state index contributed by atoms with van der Waals surface area (Å²) in [6.07, 6.45) is 3.64. The summed E-state index contributed by atoms with van der Waals surface area (Å²) >= 11 is 0. The molecule has 3 aliphatic heterocycles. The number of aryl methyl sites for hydroxylation is 1. The maximum atomic E-state index is 13.7. The molecule has 3 amide bonds. The minimum atomic E-state index is -0.531. The van der Waals surface area contributed by atoms with Gasteiger partial charge in [-0.25, -0.2) is 9.67 Å². The van der Waals surface area contributed by atoms with Gasteiger partial charge in [-0.3, -0.25) is 14.4 Å². The second-order valence-corrected chi connectivity index (χ2v) is 11.1. The van der Waals surface area contributed by atoms with E-state index in [1.807, 2.05) is 37.3 Å². The quantitative estimate of drug-likeness (QED) is 0.513. The fourth-order valence-electron chi connectivity index (χ4n) is 6.03. The summed E-state index contributed by atoms with van der Waals surface area (Å²) in [5.74, 6) is 2.01. The average molecular weight is 573 g/mol. The fourth-order valence-corrected chi connectivity index (χ4v) is 6.03. The van der Waals surface area contributed by atoms with Crippen LogP contribution in [-0.2, 0) is 22.6 Å². The number of amides is 3. The van der Waals surface area contributed by atoms with E-state index in [-0.39, 0.29) is 30.9 Å². The Kier molecular flexibility index (Phi) is 8.07. The number of rotatable bonds is 3. The zero-order valence-electron chi connectivity index (χ0n) is 23.8. The molecule has 220 valence electrons. The van der Waals surface area contributed by atoms with Crippen LogP contribution in [0.1, 0.15) is 65.7 Å². The highest BCUT2D eigenvalue weighted by Crippen LogP contribution is 2.33. The summed E-state index contributed by atoms with van der Waals surface area (Å²) in [6.45, 7) is 3.64. The summed E-state index contributed by atoms with van der Waals surface area (Å²) in [4.78, 5) is 49.1. The van der Waals surface area contributed by atoms with Crippen molar-refractivity contribution in [3.05, 3.63) is 71.3 Å². The van der Waals surface area contributed by atoms with Crippen LogP contribution in [0.25, 0.3) is 0 Å². The average Bonchev–Trinajstić information content (AvgIpc) is 3.63. The second kappa shape index (κ2) is 12.2.